The number of hydrogen-bond donors (Lipinski definition) is 3. The number of rotatable bonds is 4. The monoisotopic (exact) mass is 387 g/mol. The largest absolute Gasteiger partial charge is 0.507 e. The number of phenolic OH excluding ortho intramolecular Hbond substituents is 1. The number of aliphatic hydroxyl groups is 1. The predicted molar refractivity (Wildman–Crippen MR) is 112 cm³/mol. The SMILES string of the molecule is CN(C)C(=O)C(O)c1cccc(-c2cnc3[nH]cc(-c4ccccc4O)c3c2)c1. The summed E-state index contributed by atoms with van der Waals surface area (Å²) < 4.78 is 0. The number of nitrogens with one attached hydrogen (secondary N) is 1. The number of aromatic nitrogens is 2. The van der Waals surface area contributed by atoms with Crippen molar-refractivity contribution in [2.75, 3.05) is 14.1 Å². The lowest BCUT2D eigenvalue weighted by Crippen LogP contribution is -2.28. The molecule has 0 radical (unpaired) electrons. The van der Waals surface area contributed by atoms with Gasteiger partial charge in [-0.1, -0.05) is 36.4 Å². The minimum absolute atomic E-state index is 0.200. The van der Waals surface area contributed by atoms with Crippen molar-refractivity contribution in [2.24, 2.45) is 0 Å². The van der Waals surface area contributed by atoms with Crippen LogP contribution in [0.15, 0.2) is 67.0 Å². The quantitative estimate of drug-likeness (QED) is 0.498. The maximum atomic E-state index is 12.1. The highest BCUT2D eigenvalue weighted by atomic mass is 16.3. The van der Waals surface area contributed by atoms with Crippen molar-refractivity contribution in [2.45, 2.75) is 6.10 Å². The van der Waals surface area contributed by atoms with E-state index in [4.69, 9.17) is 0 Å². The molecular weight excluding hydrogens is 366 g/mol. The van der Waals surface area contributed by atoms with E-state index in [0.29, 0.717) is 11.2 Å². The average Bonchev–Trinajstić information content (AvgIpc) is 3.16. The van der Waals surface area contributed by atoms with Crippen LogP contribution in [0.1, 0.15) is 11.7 Å². The number of phenols is 1. The number of likely N-dealkylation sites (N-methyl/N-ethyl adjacent to an activating group) is 1. The van der Waals surface area contributed by atoms with E-state index < -0.39 is 6.10 Å². The van der Waals surface area contributed by atoms with Crippen LogP contribution in [0.25, 0.3) is 33.3 Å². The van der Waals surface area contributed by atoms with Gasteiger partial charge in [-0.2, -0.15) is 0 Å². The molecule has 1 atom stereocenters. The molecule has 2 heterocycles. The summed E-state index contributed by atoms with van der Waals surface area (Å²) in [6.07, 6.45) is 2.35. The molecule has 4 aromatic rings. The number of pyridine rings is 1. The fraction of sp³-hybridized carbons (Fsp3) is 0.130. The summed E-state index contributed by atoms with van der Waals surface area (Å²) >= 11 is 0. The highest BCUT2D eigenvalue weighted by molar-refractivity contribution is 5.97. The Balaban J connectivity index is 1.78. The zero-order valence-corrected chi connectivity index (χ0v) is 16.1. The van der Waals surface area contributed by atoms with Crippen LogP contribution < -0.4 is 0 Å². The van der Waals surface area contributed by atoms with Gasteiger partial charge in [0, 0.05) is 48.6 Å². The molecule has 1 amide bonds. The van der Waals surface area contributed by atoms with E-state index in [1.54, 1.807) is 44.6 Å². The molecule has 0 aliphatic carbocycles. The standard InChI is InChI=1S/C23H21N3O3/c1-26(2)23(29)21(28)15-7-5-6-14(10-15)16-11-18-19(13-25-22(18)24-12-16)17-8-3-4-9-20(17)27/h3-13,21,27-28H,1-2H3,(H,24,25). The number of para-hydroxylation sites is 1. The van der Waals surface area contributed by atoms with E-state index in [9.17, 15) is 15.0 Å². The number of benzene rings is 2. The lowest BCUT2D eigenvalue weighted by atomic mass is 9.99. The number of H-pyrrole nitrogens is 1. The van der Waals surface area contributed by atoms with E-state index >= 15 is 0 Å². The normalized spacial score (nSPS) is 12.1. The van der Waals surface area contributed by atoms with Gasteiger partial charge in [-0.3, -0.25) is 4.79 Å². The molecule has 4 rings (SSSR count). The molecule has 2 aromatic heterocycles. The van der Waals surface area contributed by atoms with Crippen LogP contribution in [-0.2, 0) is 4.79 Å². The fourth-order valence-corrected chi connectivity index (χ4v) is 3.36. The molecule has 6 heteroatoms. The topological polar surface area (TPSA) is 89.5 Å². The third-order valence-electron chi connectivity index (χ3n) is 4.94. The van der Waals surface area contributed by atoms with Gasteiger partial charge in [0.2, 0.25) is 0 Å². The first-order chi connectivity index (χ1) is 14.0. The van der Waals surface area contributed by atoms with Crippen molar-refractivity contribution in [3.63, 3.8) is 0 Å². The smallest absolute Gasteiger partial charge is 0.255 e. The second-order valence-corrected chi connectivity index (χ2v) is 7.10. The van der Waals surface area contributed by atoms with Crippen LogP contribution in [0, 0.1) is 0 Å². The molecule has 0 bridgehead atoms. The van der Waals surface area contributed by atoms with Crippen molar-refractivity contribution in [3.05, 3.63) is 72.6 Å². The molecule has 0 spiro atoms. The first kappa shape index (κ1) is 18.7. The summed E-state index contributed by atoms with van der Waals surface area (Å²) in [7, 11) is 3.22. The summed E-state index contributed by atoms with van der Waals surface area (Å²) in [5.74, 6) is -0.172. The third kappa shape index (κ3) is 3.46. The van der Waals surface area contributed by atoms with E-state index in [2.05, 4.69) is 9.97 Å². The van der Waals surface area contributed by atoms with Crippen molar-refractivity contribution in [1.82, 2.24) is 14.9 Å². The molecule has 0 aliphatic heterocycles. The van der Waals surface area contributed by atoms with Gasteiger partial charge in [0.15, 0.2) is 6.10 Å². The number of aromatic hydroxyl groups is 1. The summed E-state index contributed by atoms with van der Waals surface area (Å²) in [5, 5.41) is 21.5. The highest BCUT2D eigenvalue weighted by Gasteiger charge is 2.19. The lowest BCUT2D eigenvalue weighted by Gasteiger charge is -2.16. The van der Waals surface area contributed by atoms with Gasteiger partial charge in [-0.25, -0.2) is 4.98 Å². The minimum atomic E-state index is -1.22. The molecule has 6 nitrogen and oxygen atoms in total. The van der Waals surface area contributed by atoms with Gasteiger partial charge >= 0.3 is 0 Å². The Labute approximate surface area is 168 Å². The van der Waals surface area contributed by atoms with E-state index in [-0.39, 0.29) is 11.7 Å². The number of aromatic amines is 1. The fourth-order valence-electron chi connectivity index (χ4n) is 3.36. The Bertz CT molecular complexity index is 1200. The van der Waals surface area contributed by atoms with Crippen molar-refractivity contribution in [3.8, 4) is 28.0 Å². The molecule has 0 fully saturated rings. The molecule has 0 aliphatic rings. The molecular formula is C23H21N3O3. The predicted octanol–water partition coefficient (Wildman–Crippen LogP) is 3.72. The van der Waals surface area contributed by atoms with Gasteiger partial charge in [0.1, 0.15) is 11.4 Å². The molecule has 0 saturated heterocycles. The summed E-state index contributed by atoms with van der Waals surface area (Å²) in [6, 6.07) is 16.4. The zero-order valence-electron chi connectivity index (χ0n) is 16.1. The summed E-state index contributed by atoms with van der Waals surface area (Å²) in [4.78, 5) is 21.1. The first-order valence-electron chi connectivity index (χ1n) is 9.21. The van der Waals surface area contributed by atoms with Gasteiger partial charge in [0.05, 0.1) is 0 Å². The summed E-state index contributed by atoms with van der Waals surface area (Å²) in [6.45, 7) is 0. The number of aliphatic hydroxyl groups excluding tert-OH is 1. The Morgan fingerprint density at radius 1 is 1.03 bits per heavy atom. The Morgan fingerprint density at radius 2 is 1.83 bits per heavy atom. The Hall–Kier alpha value is -3.64. The van der Waals surface area contributed by atoms with E-state index in [0.717, 1.165) is 27.6 Å². The number of carbonyl (C=O) groups is 1. The first-order valence-corrected chi connectivity index (χ1v) is 9.21. The van der Waals surface area contributed by atoms with Gasteiger partial charge in [0.25, 0.3) is 5.91 Å². The van der Waals surface area contributed by atoms with Crippen LogP contribution in [0.3, 0.4) is 0 Å². The number of amides is 1. The van der Waals surface area contributed by atoms with Crippen LogP contribution in [-0.4, -0.2) is 45.1 Å². The molecule has 2 aromatic carbocycles. The molecule has 3 N–H and O–H groups in total. The van der Waals surface area contributed by atoms with Gasteiger partial charge < -0.3 is 20.1 Å². The van der Waals surface area contributed by atoms with Gasteiger partial charge in [-0.15, -0.1) is 0 Å². The van der Waals surface area contributed by atoms with Crippen LogP contribution >= 0.6 is 0 Å². The molecule has 0 saturated carbocycles. The second kappa shape index (κ2) is 7.41. The van der Waals surface area contributed by atoms with Crippen molar-refractivity contribution in [1.29, 1.82) is 0 Å². The van der Waals surface area contributed by atoms with E-state index in [1.807, 2.05) is 36.5 Å². The Morgan fingerprint density at radius 3 is 2.59 bits per heavy atom. The van der Waals surface area contributed by atoms with E-state index in [1.165, 1.54) is 4.90 Å². The van der Waals surface area contributed by atoms with Gasteiger partial charge in [-0.05, 0) is 29.3 Å². The van der Waals surface area contributed by atoms with Crippen LogP contribution in [0.5, 0.6) is 5.75 Å². The number of hydrogen-bond acceptors (Lipinski definition) is 4. The maximum Gasteiger partial charge on any atom is 0.255 e. The second-order valence-electron chi connectivity index (χ2n) is 7.10. The maximum absolute atomic E-state index is 12.1. The number of carbonyl (C=O) groups excluding carboxylic acids is 1. The highest BCUT2D eigenvalue weighted by Crippen LogP contribution is 2.35. The van der Waals surface area contributed by atoms with Crippen molar-refractivity contribution >= 4 is 16.9 Å². The lowest BCUT2D eigenvalue weighted by molar-refractivity contribution is -0.137. The Kier molecular flexibility index (Phi) is 4.78. The number of fused-ring (bicyclic) bond motifs is 1. The third-order valence-corrected chi connectivity index (χ3v) is 4.94. The average molecular weight is 387 g/mol. The van der Waals surface area contributed by atoms with Crippen LogP contribution in [0.2, 0.25) is 0 Å². The molecule has 1 unspecified atom stereocenters. The minimum Gasteiger partial charge on any atom is -0.507 e. The van der Waals surface area contributed by atoms with Crippen LogP contribution in [0.4, 0.5) is 0 Å². The molecule has 29 heavy (non-hydrogen) atoms. The van der Waals surface area contributed by atoms with Crippen molar-refractivity contribution < 1.29 is 15.0 Å². The number of nitrogens with zero attached hydrogens (tertiary/aromatic N) is 2. The zero-order chi connectivity index (χ0) is 20.5. The summed E-state index contributed by atoms with van der Waals surface area (Å²) in [5.41, 5.74) is 4.50. The molecule has 146 valence electrons.